The first-order valence-corrected chi connectivity index (χ1v) is 8.48. The van der Waals surface area contributed by atoms with E-state index in [1.165, 1.54) is 7.11 Å². The molecular formula is C18H26N2O5. The molecule has 2 rings (SSSR count). The molecule has 138 valence electrons. The fraction of sp³-hybridized carbons (Fsp3) is 0.611. The zero-order chi connectivity index (χ0) is 18.7. The standard InChI is InChI=1S/C18H26N2O5/c1-6-25-18(23)17-11(2)16(12(3)19(17)4)14(21)9-20(13-7-8-13)15(22)10-24-5/h13H,6-10H2,1-5H3. The predicted octanol–water partition coefficient (Wildman–Crippen LogP) is 1.64. The SMILES string of the molecule is CCOC(=O)c1c(C)c(C(=O)CN(C(=O)COC)C2CC2)c(C)n1C. The van der Waals surface area contributed by atoms with Gasteiger partial charge in [-0.15, -0.1) is 0 Å². The van der Waals surface area contributed by atoms with Crippen molar-refractivity contribution >= 4 is 17.7 Å². The molecule has 0 spiro atoms. The second-order valence-corrected chi connectivity index (χ2v) is 6.32. The van der Waals surface area contributed by atoms with E-state index in [0.717, 1.165) is 12.8 Å². The molecular weight excluding hydrogens is 324 g/mol. The van der Waals surface area contributed by atoms with Crippen LogP contribution in [0.3, 0.4) is 0 Å². The van der Waals surface area contributed by atoms with Crippen LogP contribution in [0.4, 0.5) is 0 Å². The monoisotopic (exact) mass is 350 g/mol. The first-order valence-electron chi connectivity index (χ1n) is 8.48. The van der Waals surface area contributed by atoms with Crippen LogP contribution in [0.2, 0.25) is 0 Å². The van der Waals surface area contributed by atoms with Gasteiger partial charge in [0.15, 0.2) is 5.78 Å². The average molecular weight is 350 g/mol. The molecule has 1 aromatic rings. The Labute approximate surface area is 147 Å². The van der Waals surface area contributed by atoms with E-state index in [2.05, 4.69) is 0 Å². The van der Waals surface area contributed by atoms with Crippen LogP contribution in [0.25, 0.3) is 0 Å². The highest BCUT2D eigenvalue weighted by molar-refractivity contribution is 6.04. The Kier molecular flexibility index (Phi) is 6.00. The van der Waals surface area contributed by atoms with Gasteiger partial charge in [0.2, 0.25) is 5.91 Å². The number of ketones is 1. The number of rotatable bonds is 8. The van der Waals surface area contributed by atoms with Crippen molar-refractivity contribution in [1.82, 2.24) is 9.47 Å². The van der Waals surface area contributed by atoms with E-state index in [4.69, 9.17) is 9.47 Å². The highest BCUT2D eigenvalue weighted by atomic mass is 16.5. The number of Topliss-reactive ketones (excluding diaryl/α,β-unsaturated/α-hetero) is 1. The minimum Gasteiger partial charge on any atom is -0.461 e. The fourth-order valence-corrected chi connectivity index (χ4v) is 3.12. The largest absolute Gasteiger partial charge is 0.461 e. The summed E-state index contributed by atoms with van der Waals surface area (Å²) in [5.41, 5.74) is 2.16. The van der Waals surface area contributed by atoms with Crippen molar-refractivity contribution in [2.24, 2.45) is 7.05 Å². The Morgan fingerprint density at radius 2 is 1.88 bits per heavy atom. The van der Waals surface area contributed by atoms with Gasteiger partial charge in [0.1, 0.15) is 12.3 Å². The van der Waals surface area contributed by atoms with Gasteiger partial charge in [-0.25, -0.2) is 4.79 Å². The number of methoxy groups -OCH3 is 1. The average Bonchev–Trinajstić information content (AvgIpc) is 3.34. The molecule has 0 unspecified atom stereocenters. The summed E-state index contributed by atoms with van der Waals surface area (Å²) in [5.74, 6) is -0.799. The number of esters is 1. The molecule has 25 heavy (non-hydrogen) atoms. The van der Waals surface area contributed by atoms with Gasteiger partial charge in [-0.05, 0) is 39.2 Å². The maximum atomic E-state index is 12.9. The predicted molar refractivity (Wildman–Crippen MR) is 91.8 cm³/mol. The highest BCUT2D eigenvalue weighted by Gasteiger charge is 2.35. The van der Waals surface area contributed by atoms with Crippen LogP contribution >= 0.6 is 0 Å². The number of carbonyl (C=O) groups excluding carboxylic acids is 3. The van der Waals surface area contributed by atoms with Crippen molar-refractivity contribution in [2.75, 3.05) is 26.9 Å². The number of nitrogens with zero attached hydrogens (tertiary/aromatic N) is 2. The molecule has 1 aliphatic carbocycles. The molecule has 0 N–H and O–H groups in total. The summed E-state index contributed by atoms with van der Waals surface area (Å²) in [6.07, 6.45) is 1.81. The molecule has 0 atom stereocenters. The third-order valence-electron chi connectivity index (χ3n) is 4.57. The number of ether oxygens (including phenoxy) is 2. The Balaban J connectivity index is 2.28. The molecule has 1 aliphatic rings. The van der Waals surface area contributed by atoms with E-state index in [9.17, 15) is 14.4 Å². The van der Waals surface area contributed by atoms with E-state index in [1.807, 2.05) is 0 Å². The smallest absolute Gasteiger partial charge is 0.355 e. The van der Waals surface area contributed by atoms with E-state index in [0.29, 0.717) is 22.5 Å². The molecule has 0 aromatic carbocycles. The molecule has 1 saturated carbocycles. The minimum absolute atomic E-state index is 0.000812. The van der Waals surface area contributed by atoms with Crippen molar-refractivity contribution in [1.29, 1.82) is 0 Å². The summed E-state index contributed by atoms with van der Waals surface area (Å²) in [7, 11) is 3.20. The molecule has 7 heteroatoms. The molecule has 0 aliphatic heterocycles. The second-order valence-electron chi connectivity index (χ2n) is 6.32. The Morgan fingerprint density at radius 1 is 1.24 bits per heavy atom. The van der Waals surface area contributed by atoms with Gasteiger partial charge in [0.05, 0.1) is 13.2 Å². The first kappa shape index (κ1) is 19.2. The van der Waals surface area contributed by atoms with Crippen LogP contribution in [0, 0.1) is 13.8 Å². The Morgan fingerprint density at radius 3 is 2.40 bits per heavy atom. The lowest BCUT2D eigenvalue weighted by Crippen LogP contribution is -2.39. The van der Waals surface area contributed by atoms with E-state index in [-0.39, 0.29) is 37.5 Å². The number of hydrogen-bond donors (Lipinski definition) is 0. The van der Waals surface area contributed by atoms with Crippen molar-refractivity contribution in [3.63, 3.8) is 0 Å². The summed E-state index contributed by atoms with van der Waals surface area (Å²) in [5, 5.41) is 0. The van der Waals surface area contributed by atoms with Gasteiger partial charge in [-0.1, -0.05) is 0 Å². The van der Waals surface area contributed by atoms with Gasteiger partial charge in [-0.2, -0.15) is 0 Å². The van der Waals surface area contributed by atoms with Crippen molar-refractivity contribution in [3.8, 4) is 0 Å². The molecule has 1 fully saturated rings. The van der Waals surface area contributed by atoms with Crippen LogP contribution in [0.15, 0.2) is 0 Å². The maximum absolute atomic E-state index is 12.9. The minimum atomic E-state index is -0.445. The number of aromatic nitrogens is 1. The number of carbonyl (C=O) groups is 3. The van der Waals surface area contributed by atoms with Crippen LogP contribution in [-0.2, 0) is 21.3 Å². The summed E-state index contributed by atoms with van der Waals surface area (Å²) in [6, 6.07) is 0.112. The molecule has 1 heterocycles. The van der Waals surface area contributed by atoms with Crippen LogP contribution < -0.4 is 0 Å². The summed E-state index contributed by atoms with van der Waals surface area (Å²) in [4.78, 5) is 38.8. The molecule has 0 saturated heterocycles. The van der Waals surface area contributed by atoms with Crippen molar-refractivity contribution in [2.45, 2.75) is 39.7 Å². The summed E-state index contributed by atoms with van der Waals surface area (Å²) >= 11 is 0. The lowest BCUT2D eigenvalue weighted by Gasteiger charge is -2.21. The maximum Gasteiger partial charge on any atom is 0.355 e. The van der Waals surface area contributed by atoms with Gasteiger partial charge in [-0.3, -0.25) is 9.59 Å². The Hall–Kier alpha value is -2.15. The van der Waals surface area contributed by atoms with E-state index < -0.39 is 5.97 Å². The molecule has 0 bridgehead atoms. The Bertz CT molecular complexity index is 688. The third kappa shape index (κ3) is 3.92. The zero-order valence-corrected chi connectivity index (χ0v) is 15.5. The van der Waals surface area contributed by atoms with E-state index in [1.54, 1.807) is 37.3 Å². The molecule has 0 radical (unpaired) electrons. The van der Waals surface area contributed by atoms with Crippen LogP contribution in [0.5, 0.6) is 0 Å². The summed E-state index contributed by atoms with van der Waals surface area (Å²) in [6.45, 7) is 5.51. The molecule has 1 aromatic heterocycles. The highest BCUT2D eigenvalue weighted by Crippen LogP contribution is 2.28. The lowest BCUT2D eigenvalue weighted by molar-refractivity contribution is -0.135. The van der Waals surface area contributed by atoms with Gasteiger partial charge in [0, 0.05) is 31.5 Å². The number of hydrogen-bond acceptors (Lipinski definition) is 5. The first-order chi connectivity index (χ1) is 11.8. The second kappa shape index (κ2) is 7.82. The zero-order valence-electron chi connectivity index (χ0n) is 15.5. The quantitative estimate of drug-likeness (QED) is 0.526. The van der Waals surface area contributed by atoms with Crippen molar-refractivity contribution in [3.05, 3.63) is 22.5 Å². The van der Waals surface area contributed by atoms with Crippen LogP contribution in [0.1, 0.15) is 51.9 Å². The van der Waals surface area contributed by atoms with Gasteiger partial charge in [0.25, 0.3) is 0 Å². The van der Waals surface area contributed by atoms with E-state index >= 15 is 0 Å². The van der Waals surface area contributed by atoms with Crippen molar-refractivity contribution < 1.29 is 23.9 Å². The topological polar surface area (TPSA) is 77.8 Å². The molecule has 1 amide bonds. The third-order valence-corrected chi connectivity index (χ3v) is 4.57. The van der Waals surface area contributed by atoms with Gasteiger partial charge < -0.3 is 18.9 Å². The normalized spacial score (nSPS) is 13.6. The molecule has 7 nitrogen and oxygen atoms in total. The van der Waals surface area contributed by atoms with Gasteiger partial charge >= 0.3 is 5.97 Å². The summed E-state index contributed by atoms with van der Waals surface area (Å²) < 4.78 is 11.7. The lowest BCUT2D eigenvalue weighted by atomic mass is 10.1. The fourth-order valence-electron chi connectivity index (χ4n) is 3.12. The number of amides is 1. The van der Waals surface area contributed by atoms with Crippen LogP contribution in [-0.4, -0.2) is 60.0 Å².